The van der Waals surface area contributed by atoms with Gasteiger partial charge in [0.2, 0.25) is 0 Å². The van der Waals surface area contributed by atoms with Crippen LogP contribution in [0.5, 0.6) is 0 Å². The first kappa shape index (κ1) is 19.2. The number of aliphatic hydroxyl groups excluding tert-OH is 1. The van der Waals surface area contributed by atoms with E-state index in [0.717, 1.165) is 30.6 Å². The Labute approximate surface area is 144 Å². The van der Waals surface area contributed by atoms with E-state index in [1.54, 1.807) is 0 Å². The molecule has 3 heteroatoms. The maximum Gasteiger partial charge on any atom is 0.0540 e. The Morgan fingerprint density at radius 3 is 1.83 bits per heavy atom. The van der Waals surface area contributed by atoms with Crippen molar-refractivity contribution in [3.8, 4) is 0 Å². The predicted molar refractivity (Wildman–Crippen MR) is 98.7 cm³/mol. The van der Waals surface area contributed by atoms with Gasteiger partial charge in [-0.1, -0.05) is 40.0 Å². The number of hydrogen-bond acceptors (Lipinski definition) is 3. The summed E-state index contributed by atoms with van der Waals surface area (Å²) >= 11 is 0. The van der Waals surface area contributed by atoms with Crippen LogP contribution in [0, 0.1) is 17.8 Å². The molecular weight excluding hydrogens is 284 g/mol. The quantitative estimate of drug-likeness (QED) is 0.855. The molecule has 2 saturated carbocycles. The minimum atomic E-state index is -0.00631. The summed E-state index contributed by atoms with van der Waals surface area (Å²) in [4.78, 5) is 5.15. The Bertz CT molecular complexity index is 301. The van der Waals surface area contributed by atoms with Crippen LogP contribution in [0.4, 0.5) is 0 Å². The van der Waals surface area contributed by atoms with Gasteiger partial charge >= 0.3 is 0 Å². The largest absolute Gasteiger partial charge is 0.393 e. The molecule has 3 aliphatic rings. The molecule has 0 radical (unpaired) electrons. The Morgan fingerprint density at radius 1 is 0.870 bits per heavy atom. The van der Waals surface area contributed by atoms with Gasteiger partial charge in [-0.15, -0.1) is 0 Å². The summed E-state index contributed by atoms with van der Waals surface area (Å²) < 4.78 is 0. The molecule has 0 spiro atoms. The molecule has 1 saturated heterocycles. The van der Waals surface area contributed by atoms with Crippen LogP contribution >= 0.6 is 0 Å². The third kappa shape index (κ3) is 6.72. The van der Waals surface area contributed by atoms with Gasteiger partial charge in [-0.2, -0.15) is 0 Å². The number of aliphatic hydroxyl groups is 1. The summed E-state index contributed by atoms with van der Waals surface area (Å²) in [6.45, 7) is 14.3. The highest BCUT2D eigenvalue weighted by Crippen LogP contribution is 2.32. The summed E-state index contributed by atoms with van der Waals surface area (Å²) in [5.74, 6) is 2.88. The van der Waals surface area contributed by atoms with E-state index >= 15 is 0 Å². The zero-order valence-corrected chi connectivity index (χ0v) is 15.8. The van der Waals surface area contributed by atoms with Crippen molar-refractivity contribution in [3.05, 3.63) is 0 Å². The molecule has 0 atom stereocenters. The van der Waals surface area contributed by atoms with Crippen molar-refractivity contribution >= 4 is 0 Å². The molecule has 3 nitrogen and oxygen atoms in total. The van der Waals surface area contributed by atoms with Crippen molar-refractivity contribution in [2.75, 3.05) is 39.3 Å². The molecule has 0 bridgehead atoms. The molecule has 136 valence electrons. The smallest absolute Gasteiger partial charge is 0.0540 e. The van der Waals surface area contributed by atoms with Crippen LogP contribution in [0.3, 0.4) is 0 Å². The summed E-state index contributed by atoms with van der Waals surface area (Å²) in [5, 5.41) is 9.48. The molecule has 0 amide bonds. The lowest BCUT2D eigenvalue weighted by Gasteiger charge is -2.37. The minimum Gasteiger partial charge on any atom is -0.393 e. The number of nitrogens with zero attached hydrogens (tertiary/aromatic N) is 2. The summed E-state index contributed by atoms with van der Waals surface area (Å²) in [7, 11) is 0. The molecule has 23 heavy (non-hydrogen) atoms. The summed E-state index contributed by atoms with van der Waals surface area (Å²) in [6.07, 6.45) is 9.00. The van der Waals surface area contributed by atoms with E-state index < -0.39 is 0 Å². The first-order valence-corrected chi connectivity index (χ1v) is 10.2. The van der Waals surface area contributed by atoms with Crippen molar-refractivity contribution < 1.29 is 5.11 Å². The van der Waals surface area contributed by atoms with Crippen LogP contribution in [0.1, 0.15) is 65.7 Å². The van der Waals surface area contributed by atoms with Crippen LogP contribution in [0.15, 0.2) is 0 Å². The van der Waals surface area contributed by atoms with Crippen LogP contribution in [0.2, 0.25) is 0 Å². The molecular formula is C20H40N2O. The number of rotatable bonds is 4. The summed E-state index contributed by atoms with van der Waals surface area (Å²) in [6, 6.07) is 0. The van der Waals surface area contributed by atoms with Gasteiger partial charge in [0, 0.05) is 32.7 Å². The van der Waals surface area contributed by atoms with Gasteiger partial charge < -0.3 is 14.9 Å². The molecule has 3 fully saturated rings. The van der Waals surface area contributed by atoms with Crippen molar-refractivity contribution in [1.82, 2.24) is 9.80 Å². The maximum atomic E-state index is 9.48. The molecule has 3 rings (SSSR count). The molecule has 1 N–H and O–H groups in total. The number of hydrogen-bond donors (Lipinski definition) is 1. The standard InChI is InChI=1S/C13H26N2O.C7H14/c1-2-14-7-9-15(10-8-14)11-12-3-5-13(16)6-4-12;1-6(2)7-4-3-5-7/h12-13,16H,2-11H2,1H3;6-7H,3-5H2,1-2H3. The first-order valence-electron chi connectivity index (χ1n) is 10.2. The third-order valence-electron chi connectivity index (χ3n) is 6.34. The highest BCUT2D eigenvalue weighted by atomic mass is 16.3. The maximum absolute atomic E-state index is 9.48. The van der Waals surface area contributed by atoms with E-state index in [1.807, 2.05) is 0 Å². The van der Waals surface area contributed by atoms with E-state index in [1.165, 1.54) is 71.4 Å². The van der Waals surface area contributed by atoms with Crippen LogP contribution in [-0.4, -0.2) is 60.3 Å². The lowest BCUT2D eigenvalue weighted by atomic mass is 9.78. The molecule has 0 unspecified atom stereocenters. The van der Waals surface area contributed by atoms with Crippen LogP contribution < -0.4 is 0 Å². The van der Waals surface area contributed by atoms with Gasteiger partial charge in [0.25, 0.3) is 0 Å². The fourth-order valence-electron chi connectivity index (χ4n) is 4.09. The lowest BCUT2D eigenvalue weighted by molar-refractivity contribution is 0.0766. The Kier molecular flexibility index (Phi) is 8.35. The van der Waals surface area contributed by atoms with Crippen molar-refractivity contribution in [2.24, 2.45) is 17.8 Å². The fourth-order valence-corrected chi connectivity index (χ4v) is 4.09. The number of piperazine rings is 1. The molecule has 1 heterocycles. The SMILES string of the molecule is CC(C)C1CCC1.CCN1CCN(CC2CCC(O)CC2)CC1. The first-order chi connectivity index (χ1) is 11.1. The second-order valence-electron chi connectivity index (χ2n) is 8.34. The fraction of sp³-hybridized carbons (Fsp3) is 1.00. The topological polar surface area (TPSA) is 26.7 Å². The van der Waals surface area contributed by atoms with Gasteiger partial charge in [0.1, 0.15) is 0 Å². The van der Waals surface area contributed by atoms with Gasteiger partial charge in [-0.05, 0) is 50.0 Å². The van der Waals surface area contributed by atoms with Crippen LogP contribution in [0.25, 0.3) is 0 Å². The van der Waals surface area contributed by atoms with Crippen molar-refractivity contribution in [1.29, 1.82) is 0 Å². The van der Waals surface area contributed by atoms with E-state index in [2.05, 4.69) is 30.6 Å². The number of likely N-dealkylation sites (N-methyl/N-ethyl adjacent to an activating group) is 1. The molecule has 0 aromatic carbocycles. The van der Waals surface area contributed by atoms with Crippen molar-refractivity contribution in [3.63, 3.8) is 0 Å². The summed E-state index contributed by atoms with van der Waals surface area (Å²) in [5.41, 5.74) is 0. The zero-order valence-electron chi connectivity index (χ0n) is 15.8. The molecule has 0 aromatic rings. The second kappa shape index (κ2) is 10.0. The predicted octanol–water partition coefficient (Wildman–Crippen LogP) is 3.62. The van der Waals surface area contributed by atoms with Gasteiger partial charge in [0.05, 0.1) is 6.10 Å². The molecule has 2 aliphatic carbocycles. The van der Waals surface area contributed by atoms with Gasteiger partial charge in [-0.3, -0.25) is 0 Å². The zero-order chi connectivity index (χ0) is 16.7. The Morgan fingerprint density at radius 2 is 1.43 bits per heavy atom. The normalized spacial score (nSPS) is 30.7. The van der Waals surface area contributed by atoms with E-state index in [-0.39, 0.29) is 6.10 Å². The molecule has 0 aromatic heterocycles. The van der Waals surface area contributed by atoms with Crippen molar-refractivity contribution in [2.45, 2.75) is 71.8 Å². The van der Waals surface area contributed by atoms with E-state index in [4.69, 9.17) is 0 Å². The minimum absolute atomic E-state index is 0.00631. The molecule has 1 aliphatic heterocycles. The highest BCUT2D eigenvalue weighted by molar-refractivity contribution is 4.77. The lowest BCUT2D eigenvalue weighted by Crippen LogP contribution is -2.47. The van der Waals surface area contributed by atoms with E-state index in [0.29, 0.717) is 0 Å². The second-order valence-corrected chi connectivity index (χ2v) is 8.34. The highest BCUT2D eigenvalue weighted by Gasteiger charge is 2.23. The Balaban J connectivity index is 0.000000229. The average Bonchev–Trinajstić information content (AvgIpc) is 2.49. The van der Waals surface area contributed by atoms with Crippen LogP contribution in [-0.2, 0) is 0 Å². The van der Waals surface area contributed by atoms with E-state index in [9.17, 15) is 5.11 Å². The van der Waals surface area contributed by atoms with Gasteiger partial charge in [-0.25, -0.2) is 0 Å². The monoisotopic (exact) mass is 324 g/mol. The average molecular weight is 325 g/mol. The Hall–Kier alpha value is -0.120. The third-order valence-corrected chi connectivity index (χ3v) is 6.34. The van der Waals surface area contributed by atoms with Gasteiger partial charge in [0.15, 0.2) is 0 Å².